The molecular formula is C18H23N5OS. The maximum Gasteiger partial charge on any atom is 0.254 e. The molecule has 0 atom stereocenters. The molecule has 0 aliphatic carbocycles. The zero-order chi connectivity index (χ0) is 17.9. The van der Waals surface area contributed by atoms with Crippen LogP contribution in [0.1, 0.15) is 37.0 Å². The van der Waals surface area contributed by atoms with Gasteiger partial charge in [-0.2, -0.15) is 5.10 Å². The van der Waals surface area contributed by atoms with Crippen LogP contribution in [0.3, 0.4) is 0 Å². The summed E-state index contributed by atoms with van der Waals surface area (Å²) in [5.41, 5.74) is 1.70. The van der Waals surface area contributed by atoms with Gasteiger partial charge in [-0.1, -0.05) is 6.92 Å². The molecule has 6 nitrogen and oxygen atoms in total. The predicted octanol–water partition coefficient (Wildman–Crippen LogP) is 3.50. The minimum Gasteiger partial charge on any atom is -0.339 e. The number of likely N-dealkylation sites (tertiary alicyclic amines) is 1. The van der Waals surface area contributed by atoms with E-state index < -0.39 is 0 Å². The molecule has 1 amide bonds. The summed E-state index contributed by atoms with van der Waals surface area (Å²) in [6.07, 6.45) is 7.15. The smallest absolute Gasteiger partial charge is 0.254 e. The normalized spacial score (nSPS) is 18.0. The van der Waals surface area contributed by atoms with Crippen LogP contribution >= 0.6 is 11.3 Å². The molecule has 25 heavy (non-hydrogen) atoms. The van der Waals surface area contributed by atoms with Gasteiger partial charge >= 0.3 is 0 Å². The van der Waals surface area contributed by atoms with Crippen molar-refractivity contribution >= 4 is 29.3 Å². The summed E-state index contributed by atoms with van der Waals surface area (Å²) in [4.78, 5) is 24.6. The lowest BCUT2D eigenvalue weighted by atomic mass is 9.79. The predicted molar refractivity (Wildman–Crippen MR) is 103 cm³/mol. The third kappa shape index (κ3) is 3.56. The van der Waals surface area contributed by atoms with Crippen LogP contribution in [0, 0.1) is 5.41 Å². The molecule has 0 unspecified atom stereocenters. The van der Waals surface area contributed by atoms with Crippen molar-refractivity contribution in [3.05, 3.63) is 29.4 Å². The molecule has 2 aromatic rings. The van der Waals surface area contributed by atoms with Gasteiger partial charge in [0.15, 0.2) is 0 Å². The van der Waals surface area contributed by atoms with Gasteiger partial charge in [0.25, 0.3) is 5.91 Å². The largest absolute Gasteiger partial charge is 0.339 e. The Morgan fingerprint density at radius 1 is 1.44 bits per heavy atom. The Hall–Kier alpha value is -2.28. The van der Waals surface area contributed by atoms with Gasteiger partial charge in [0.05, 0.1) is 11.8 Å². The highest BCUT2D eigenvalue weighted by atomic mass is 32.1. The fraction of sp³-hybridized carbons (Fsp3) is 0.444. The minimum absolute atomic E-state index is 0.0609. The highest BCUT2D eigenvalue weighted by molar-refractivity contribution is 7.13. The quantitative estimate of drug-likeness (QED) is 0.674. The molecule has 132 valence electrons. The third-order valence-electron chi connectivity index (χ3n) is 4.79. The number of amides is 1. The van der Waals surface area contributed by atoms with E-state index in [0.717, 1.165) is 47.8 Å². The summed E-state index contributed by atoms with van der Waals surface area (Å²) >= 11 is 1.57. The van der Waals surface area contributed by atoms with E-state index in [4.69, 9.17) is 0 Å². The van der Waals surface area contributed by atoms with Crippen LogP contribution in [-0.2, 0) is 0 Å². The van der Waals surface area contributed by atoms with Gasteiger partial charge in [0, 0.05) is 53.8 Å². The van der Waals surface area contributed by atoms with Crippen molar-refractivity contribution < 1.29 is 4.79 Å². The lowest BCUT2D eigenvalue weighted by Crippen LogP contribution is -2.44. The van der Waals surface area contributed by atoms with E-state index in [-0.39, 0.29) is 11.3 Å². The van der Waals surface area contributed by atoms with Crippen molar-refractivity contribution in [1.29, 1.82) is 0 Å². The van der Waals surface area contributed by atoms with Gasteiger partial charge in [-0.3, -0.25) is 14.9 Å². The summed E-state index contributed by atoms with van der Waals surface area (Å²) in [7, 11) is 1.79. The van der Waals surface area contributed by atoms with E-state index in [0.29, 0.717) is 0 Å². The van der Waals surface area contributed by atoms with Crippen LogP contribution in [-0.4, -0.2) is 53.2 Å². The number of aromatic amines is 1. The van der Waals surface area contributed by atoms with Gasteiger partial charge in [-0.25, -0.2) is 4.99 Å². The van der Waals surface area contributed by atoms with Crippen LogP contribution in [0.2, 0.25) is 0 Å². The Morgan fingerprint density at radius 3 is 2.80 bits per heavy atom. The standard InChI is InChI=1S/C18H23N5OS/c1-4-20-17(19-3)18(2)5-7-23(8-6-18)16(24)13-9-15(25-12-13)14-10-21-22-11-14/h4,9-12H,5-8H2,1-3H3,(H,21,22). The fourth-order valence-electron chi connectivity index (χ4n) is 3.20. The van der Waals surface area contributed by atoms with E-state index in [9.17, 15) is 4.79 Å². The average molecular weight is 357 g/mol. The fourth-order valence-corrected chi connectivity index (χ4v) is 4.07. The molecule has 0 spiro atoms. The van der Waals surface area contributed by atoms with Crippen molar-refractivity contribution in [2.75, 3.05) is 20.1 Å². The topological polar surface area (TPSA) is 73.7 Å². The lowest BCUT2D eigenvalue weighted by Gasteiger charge is -2.38. The number of carbonyl (C=O) groups is 1. The second-order valence-electron chi connectivity index (χ2n) is 6.47. The van der Waals surface area contributed by atoms with Crippen LogP contribution in [0.5, 0.6) is 0 Å². The number of aromatic nitrogens is 2. The molecular weight excluding hydrogens is 334 g/mol. The Balaban J connectivity index is 1.68. The first kappa shape index (κ1) is 17.5. The SMILES string of the molecule is CC=NC(=NC)C1(C)CCN(C(=O)c2csc(-c3cn[nH]c3)c2)CC1. The second kappa shape index (κ2) is 7.31. The van der Waals surface area contributed by atoms with E-state index in [1.165, 1.54) is 0 Å². The number of carbonyl (C=O) groups excluding carboxylic acids is 1. The van der Waals surface area contributed by atoms with Crippen molar-refractivity contribution in [2.24, 2.45) is 15.4 Å². The molecule has 0 saturated carbocycles. The monoisotopic (exact) mass is 357 g/mol. The number of hydrogen-bond donors (Lipinski definition) is 1. The van der Waals surface area contributed by atoms with Crippen LogP contribution in [0.25, 0.3) is 10.4 Å². The zero-order valence-electron chi connectivity index (χ0n) is 14.8. The first-order valence-electron chi connectivity index (χ1n) is 8.40. The number of piperidine rings is 1. The maximum absolute atomic E-state index is 12.8. The van der Waals surface area contributed by atoms with Gasteiger partial charge in [-0.15, -0.1) is 11.3 Å². The van der Waals surface area contributed by atoms with Crippen LogP contribution in [0.15, 0.2) is 33.8 Å². The molecule has 0 bridgehead atoms. The molecule has 1 saturated heterocycles. The molecule has 3 rings (SSSR count). The molecule has 7 heteroatoms. The number of hydrogen-bond acceptors (Lipinski definition) is 4. The van der Waals surface area contributed by atoms with E-state index in [2.05, 4.69) is 27.1 Å². The van der Waals surface area contributed by atoms with Crippen LogP contribution in [0.4, 0.5) is 0 Å². The number of nitrogens with one attached hydrogen (secondary N) is 1. The number of rotatable bonds is 3. The molecule has 0 aromatic carbocycles. The molecule has 1 N–H and O–H groups in total. The second-order valence-corrected chi connectivity index (χ2v) is 7.39. The average Bonchev–Trinajstić information content (AvgIpc) is 3.30. The molecule has 1 fully saturated rings. The lowest BCUT2D eigenvalue weighted by molar-refractivity contribution is 0.0669. The van der Waals surface area contributed by atoms with E-state index in [1.54, 1.807) is 30.8 Å². The number of thiophene rings is 1. The van der Waals surface area contributed by atoms with E-state index >= 15 is 0 Å². The molecule has 3 heterocycles. The van der Waals surface area contributed by atoms with Gasteiger partial charge in [0.1, 0.15) is 5.84 Å². The minimum atomic E-state index is -0.0609. The summed E-state index contributed by atoms with van der Waals surface area (Å²) in [5.74, 6) is 0.974. The van der Waals surface area contributed by atoms with Gasteiger partial charge in [-0.05, 0) is 25.8 Å². The molecule has 1 aliphatic heterocycles. The van der Waals surface area contributed by atoms with Crippen molar-refractivity contribution in [3.8, 4) is 10.4 Å². The third-order valence-corrected chi connectivity index (χ3v) is 5.77. The Bertz CT molecular complexity index is 782. The van der Waals surface area contributed by atoms with Crippen molar-refractivity contribution in [1.82, 2.24) is 15.1 Å². The first-order valence-corrected chi connectivity index (χ1v) is 9.28. The Kier molecular flexibility index (Phi) is 5.13. The van der Waals surface area contributed by atoms with Crippen molar-refractivity contribution in [2.45, 2.75) is 26.7 Å². The highest BCUT2D eigenvalue weighted by Crippen LogP contribution is 2.34. The summed E-state index contributed by atoms with van der Waals surface area (Å²) in [5, 5.41) is 8.70. The zero-order valence-corrected chi connectivity index (χ0v) is 15.6. The number of H-pyrrole nitrogens is 1. The molecule has 1 aliphatic rings. The molecule has 2 aromatic heterocycles. The first-order chi connectivity index (χ1) is 12.1. The number of amidine groups is 1. The molecule has 0 radical (unpaired) electrons. The Morgan fingerprint density at radius 2 is 2.20 bits per heavy atom. The number of nitrogens with zero attached hydrogens (tertiary/aromatic N) is 4. The summed E-state index contributed by atoms with van der Waals surface area (Å²) < 4.78 is 0. The summed E-state index contributed by atoms with van der Waals surface area (Å²) in [6.45, 7) is 5.54. The van der Waals surface area contributed by atoms with Crippen molar-refractivity contribution in [3.63, 3.8) is 0 Å². The maximum atomic E-state index is 12.8. The van der Waals surface area contributed by atoms with Gasteiger partial charge in [0.2, 0.25) is 0 Å². The Labute approximate surface area is 151 Å². The van der Waals surface area contributed by atoms with Crippen LogP contribution < -0.4 is 0 Å². The summed E-state index contributed by atoms with van der Waals surface area (Å²) in [6, 6.07) is 1.95. The van der Waals surface area contributed by atoms with E-state index in [1.807, 2.05) is 29.5 Å². The number of aliphatic imine (C=N–C) groups is 2. The highest BCUT2D eigenvalue weighted by Gasteiger charge is 2.36. The van der Waals surface area contributed by atoms with Gasteiger partial charge < -0.3 is 4.90 Å².